The summed E-state index contributed by atoms with van der Waals surface area (Å²) in [6.07, 6.45) is 1.73. The highest BCUT2D eigenvalue weighted by Gasteiger charge is 2.07. The number of anilines is 1. The van der Waals surface area contributed by atoms with Gasteiger partial charge in [-0.3, -0.25) is 0 Å². The van der Waals surface area contributed by atoms with Crippen LogP contribution in [0.5, 0.6) is 0 Å². The molecule has 1 heterocycles. The van der Waals surface area contributed by atoms with Crippen molar-refractivity contribution >= 4 is 5.95 Å². The summed E-state index contributed by atoms with van der Waals surface area (Å²) in [5.41, 5.74) is 9.84. The lowest BCUT2D eigenvalue weighted by Gasteiger charge is -2.03. The van der Waals surface area contributed by atoms with Crippen LogP contribution in [0.4, 0.5) is 5.95 Å². The van der Waals surface area contributed by atoms with Gasteiger partial charge in [0, 0.05) is 5.56 Å². The van der Waals surface area contributed by atoms with Crippen molar-refractivity contribution in [1.82, 2.24) is 9.66 Å². The van der Waals surface area contributed by atoms with Gasteiger partial charge in [0.1, 0.15) is 0 Å². The summed E-state index contributed by atoms with van der Waals surface area (Å²) in [4.78, 5) is 4.20. The Kier molecular flexibility index (Phi) is 2.11. The first-order valence-corrected chi connectivity index (χ1v) is 4.75. The quantitative estimate of drug-likeness (QED) is 0.688. The number of imidazole rings is 1. The van der Waals surface area contributed by atoms with Gasteiger partial charge in [0.25, 0.3) is 0 Å². The molecule has 0 bridgehead atoms. The molecule has 0 spiro atoms. The van der Waals surface area contributed by atoms with Crippen molar-refractivity contribution in [3.8, 4) is 11.3 Å². The topological polar surface area (TPSA) is 69.9 Å². The summed E-state index contributed by atoms with van der Waals surface area (Å²) >= 11 is 0. The molecule has 15 heavy (non-hydrogen) atoms. The molecule has 0 unspecified atom stereocenters. The van der Waals surface area contributed by atoms with E-state index in [1.165, 1.54) is 15.8 Å². The predicted molar refractivity (Wildman–Crippen MR) is 61.7 cm³/mol. The minimum absolute atomic E-state index is 0.325. The molecule has 1 aromatic heterocycles. The first-order valence-electron chi connectivity index (χ1n) is 4.75. The molecule has 4 N–H and O–H groups in total. The summed E-state index contributed by atoms with van der Waals surface area (Å²) in [5.74, 6) is 5.92. The standard InChI is InChI=1S/C11H14N4/c1-7-3-4-8(2)9(5-7)10-6-15(13)11(12)14-10/h3-6H,13H2,1-2H3,(H2,12,14). The Morgan fingerprint density at radius 2 is 2.00 bits per heavy atom. The Balaban J connectivity index is 2.58. The van der Waals surface area contributed by atoms with Crippen LogP contribution in [0.3, 0.4) is 0 Å². The third-order valence-electron chi connectivity index (χ3n) is 2.43. The van der Waals surface area contributed by atoms with Gasteiger partial charge < -0.3 is 11.6 Å². The van der Waals surface area contributed by atoms with Gasteiger partial charge in [-0.1, -0.05) is 17.7 Å². The summed E-state index contributed by atoms with van der Waals surface area (Å²) in [7, 11) is 0. The molecule has 78 valence electrons. The van der Waals surface area contributed by atoms with Crippen molar-refractivity contribution in [2.45, 2.75) is 13.8 Å². The van der Waals surface area contributed by atoms with Gasteiger partial charge >= 0.3 is 0 Å². The molecule has 2 aromatic rings. The average molecular weight is 202 g/mol. The van der Waals surface area contributed by atoms with Crippen LogP contribution in [0, 0.1) is 13.8 Å². The normalized spacial score (nSPS) is 10.5. The fourth-order valence-corrected chi connectivity index (χ4v) is 1.55. The minimum Gasteiger partial charge on any atom is -0.368 e. The zero-order valence-electron chi connectivity index (χ0n) is 8.86. The highest BCUT2D eigenvalue weighted by atomic mass is 15.3. The van der Waals surface area contributed by atoms with Crippen molar-refractivity contribution in [3.63, 3.8) is 0 Å². The molecule has 0 saturated heterocycles. The molecule has 4 heteroatoms. The largest absolute Gasteiger partial charge is 0.368 e. The van der Waals surface area contributed by atoms with Crippen LogP contribution in [0.25, 0.3) is 11.3 Å². The van der Waals surface area contributed by atoms with Crippen molar-refractivity contribution in [2.24, 2.45) is 0 Å². The summed E-state index contributed by atoms with van der Waals surface area (Å²) in [5, 5.41) is 0. The smallest absolute Gasteiger partial charge is 0.219 e. The maximum atomic E-state index is 5.60. The monoisotopic (exact) mass is 202 g/mol. The second kappa shape index (κ2) is 3.31. The van der Waals surface area contributed by atoms with Gasteiger partial charge in [0.15, 0.2) is 0 Å². The van der Waals surface area contributed by atoms with E-state index in [4.69, 9.17) is 11.6 Å². The van der Waals surface area contributed by atoms with E-state index < -0.39 is 0 Å². The Morgan fingerprint density at radius 1 is 1.27 bits per heavy atom. The zero-order valence-corrected chi connectivity index (χ0v) is 8.86. The number of aromatic nitrogens is 2. The van der Waals surface area contributed by atoms with Gasteiger partial charge in [-0.2, -0.15) is 0 Å². The van der Waals surface area contributed by atoms with Gasteiger partial charge in [0.2, 0.25) is 5.95 Å². The van der Waals surface area contributed by atoms with Crippen molar-refractivity contribution in [2.75, 3.05) is 11.6 Å². The van der Waals surface area contributed by atoms with E-state index in [1.807, 2.05) is 13.8 Å². The average Bonchev–Trinajstić information content (AvgIpc) is 2.51. The van der Waals surface area contributed by atoms with Gasteiger partial charge in [-0.25, -0.2) is 9.66 Å². The number of hydrogen-bond acceptors (Lipinski definition) is 3. The summed E-state index contributed by atoms with van der Waals surface area (Å²) in [6.45, 7) is 4.09. The lowest BCUT2D eigenvalue weighted by atomic mass is 10.0. The zero-order chi connectivity index (χ0) is 11.0. The molecule has 0 aliphatic heterocycles. The second-order valence-electron chi connectivity index (χ2n) is 3.71. The second-order valence-corrected chi connectivity index (χ2v) is 3.71. The van der Waals surface area contributed by atoms with Crippen LogP contribution in [-0.2, 0) is 0 Å². The van der Waals surface area contributed by atoms with Crippen LogP contribution >= 0.6 is 0 Å². The highest BCUT2D eigenvalue weighted by molar-refractivity contribution is 5.65. The van der Waals surface area contributed by atoms with Crippen LogP contribution in [0.1, 0.15) is 11.1 Å². The number of rotatable bonds is 1. The molecule has 0 amide bonds. The molecule has 0 aliphatic rings. The van der Waals surface area contributed by atoms with Gasteiger partial charge in [-0.05, 0) is 25.5 Å². The maximum Gasteiger partial charge on any atom is 0.219 e. The Morgan fingerprint density at radius 3 is 2.60 bits per heavy atom. The molecule has 1 aromatic carbocycles. The minimum atomic E-state index is 0.325. The number of nitrogens with two attached hydrogens (primary N) is 2. The van der Waals surface area contributed by atoms with Crippen molar-refractivity contribution in [3.05, 3.63) is 35.5 Å². The number of aryl methyl sites for hydroxylation is 2. The van der Waals surface area contributed by atoms with Crippen LogP contribution in [-0.4, -0.2) is 9.66 Å². The van der Waals surface area contributed by atoms with Gasteiger partial charge in [-0.15, -0.1) is 0 Å². The molecular formula is C11H14N4. The molecule has 2 rings (SSSR count). The number of nitrogen functional groups attached to an aromatic ring is 2. The number of hydrogen-bond donors (Lipinski definition) is 2. The first kappa shape index (κ1) is 9.58. The molecule has 0 fully saturated rings. The first-order chi connectivity index (χ1) is 7.08. The Hall–Kier alpha value is -1.97. The molecule has 0 saturated carbocycles. The fourth-order valence-electron chi connectivity index (χ4n) is 1.55. The number of benzene rings is 1. The Labute approximate surface area is 88.5 Å². The third kappa shape index (κ3) is 1.66. The third-order valence-corrected chi connectivity index (χ3v) is 2.43. The van der Waals surface area contributed by atoms with E-state index in [0.717, 1.165) is 11.3 Å². The van der Waals surface area contributed by atoms with E-state index in [-0.39, 0.29) is 0 Å². The van der Waals surface area contributed by atoms with E-state index in [9.17, 15) is 0 Å². The lowest BCUT2D eigenvalue weighted by molar-refractivity contribution is 1.02. The maximum absolute atomic E-state index is 5.60. The molecule has 4 nitrogen and oxygen atoms in total. The van der Waals surface area contributed by atoms with Crippen molar-refractivity contribution in [1.29, 1.82) is 0 Å². The summed E-state index contributed by atoms with van der Waals surface area (Å²) < 4.78 is 1.33. The lowest BCUT2D eigenvalue weighted by Crippen LogP contribution is -2.09. The van der Waals surface area contributed by atoms with Crippen LogP contribution in [0.15, 0.2) is 24.4 Å². The van der Waals surface area contributed by atoms with E-state index >= 15 is 0 Å². The highest BCUT2D eigenvalue weighted by Crippen LogP contribution is 2.23. The molecule has 0 radical (unpaired) electrons. The van der Waals surface area contributed by atoms with E-state index in [0.29, 0.717) is 5.95 Å². The predicted octanol–water partition coefficient (Wildman–Crippen LogP) is 1.46. The van der Waals surface area contributed by atoms with Crippen LogP contribution < -0.4 is 11.6 Å². The summed E-state index contributed by atoms with van der Waals surface area (Å²) in [6, 6.07) is 6.22. The van der Waals surface area contributed by atoms with E-state index in [2.05, 4.69) is 23.2 Å². The molecule has 0 atom stereocenters. The molecule has 0 aliphatic carbocycles. The van der Waals surface area contributed by atoms with Crippen molar-refractivity contribution < 1.29 is 0 Å². The fraction of sp³-hybridized carbons (Fsp3) is 0.182. The SMILES string of the molecule is Cc1ccc(C)c(-c2cn(N)c(N)n2)c1. The Bertz CT molecular complexity index is 480. The van der Waals surface area contributed by atoms with Gasteiger partial charge in [0.05, 0.1) is 11.9 Å². The van der Waals surface area contributed by atoms with E-state index in [1.54, 1.807) is 6.20 Å². The number of nitrogens with zero attached hydrogens (tertiary/aromatic N) is 2. The van der Waals surface area contributed by atoms with Crippen LogP contribution in [0.2, 0.25) is 0 Å². The molecular weight excluding hydrogens is 188 g/mol.